The first kappa shape index (κ1) is 14.6. The van der Waals surface area contributed by atoms with Gasteiger partial charge in [-0.1, -0.05) is 46.0 Å². The molecule has 0 aromatic heterocycles. The molecule has 0 unspecified atom stereocenters. The van der Waals surface area contributed by atoms with Crippen LogP contribution >= 0.6 is 15.9 Å². The van der Waals surface area contributed by atoms with Crippen LogP contribution in [-0.4, -0.2) is 6.61 Å². The highest BCUT2D eigenvalue weighted by Gasteiger charge is 2.08. The fraction of sp³-hybridized carbons (Fsp3) is 0.176. The summed E-state index contributed by atoms with van der Waals surface area (Å²) in [7, 11) is 0. The lowest BCUT2D eigenvalue weighted by Crippen LogP contribution is -2.08. The lowest BCUT2D eigenvalue weighted by Gasteiger charge is -2.12. The maximum atomic E-state index is 5.94. The van der Waals surface area contributed by atoms with E-state index in [0.29, 0.717) is 6.61 Å². The standard InChI is InChI=1S/C17H16BrNO/c1-13(19)16-12-15(18)9-10-17(16)20-11-5-8-14-6-3-2-4-7-14/h2-4,6-7,9-10,12-13H,11,19H2,1H3/t13-/m1/s1. The van der Waals surface area contributed by atoms with Crippen LogP contribution in [0.4, 0.5) is 0 Å². The van der Waals surface area contributed by atoms with Gasteiger partial charge < -0.3 is 10.5 Å². The predicted octanol–water partition coefficient (Wildman–Crippen LogP) is 3.90. The molecule has 2 aromatic carbocycles. The number of hydrogen-bond donors (Lipinski definition) is 1. The van der Waals surface area contributed by atoms with Crippen molar-refractivity contribution in [2.24, 2.45) is 5.73 Å². The van der Waals surface area contributed by atoms with Crippen LogP contribution in [0.2, 0.25) is 0 Å². The number of nitrogens with two attached hydrogens (primary N) is 1. The van der Waals surface area contributed by atoms with E-state index in [1.807, 2.05) is 55.5 Å². The number of rotatable bonds is 3. The van der Waals surface area contributed by atoms with Crippen molar-refractivity contribution in [3.05, 3.63) is 64.1 Å². The quantitative estimate of drug-likeness (QED) is 0.867. The Morgan fingerprint density at radius 2 is 1.95 bits per heavy atom. The topological polar surface area (TPSA) is 35.2 Å². The summed E-state index contributed by atoms with van der Waals surface area (Å²) in [6.45, 7) is 2.28. The molecule has 0 aliphatic heterocycles. The third-order valence-electron chi connectivity index (χ3n) is 2.77. The molecular weight excluding hydrogens is 314 g/mol. The molecular formula is C17H16BrNO. The smallest absolute Gasteiger partial charge is 0.149 e. The van der Waals surface area contributed by atoms with E-state index in [1.165, 1.54) is 0 Å². The minimum Gasteiger partial charge on any atom is -0.481 e. The van der Waals surface area contributed by atoms with Crippen molar-refractivity contribution in [1.82, 2.24) is 0 Å². The molecule has 0 bridgehead atoms. The molecule has 0 radical (unpaired) electrons. The zero-order valence-corrected chi connectivity index (χ0v) is 12.9. The molecule has 102 valence electrons. The van der Waals surface area contributed by atoms with E-state index in [2.05, 4.69) is 27.8 Å². The van der Waals surface area contributed by atoms with Crippen LogP contribution in [0.1, 0.15) is 24.1 Å². The maximum Gasteiger partial charge on any atom is 0.149 e. The van der Waals surface area contributed by atoms with E-state index < -0.39 is 0 Å². The summed E-state index contributed by atoms with van der Waals surface area (Å²) < 4.78 is 6.69. The number of ether oxygens (including phenoxy) is 1. The Hall–Kier alpha value is -1.76. The van der Waals surface area contributed by atoms with Gasteiger partial charge in [-0.15, -0.1) is 0 Å². The van der Waals surface area contributed by atoms with E-state index in [-0.39, 0.29) is 6.04 Å². The molecule has 0 fully saturated rings. The molecule has 0 saturated carbocycles. The first-order chi connectivity index (χ1) is 9.66. The lowest BCUT2D eigenvalue weighted by atomic mass is 10.1. The maximum absolute atomic E-state index is 5.94. The fourth-order valence-corrected chi connectivity index (χ4v) is 2.16. The van der Waals surface area contributed by atoms with Crippen LogP contribution in [0, 0.1) is 11.8 Å². The number of halogens is 1. The van der Waals surface area contributed by atoms with Crippen molar-refractivity contribution in [2.75, 3.05) is 6.61 Å². The molecule has 0 aliphatic carbocycles. The molecule has 0 saturated heterocycles. The van der Waals surface area contributed by atoms with E-state index in [0.717, 1.165) is 21.3 Å². The highest BCUT2D eigenvalue weighted by molar-refractivity contribution is 9.10. The number of hydrogen-bond acceptors (Lipinski definition) is 2. The molecule has 2 N–H and O–H groups in total. The van der Waals surface area contributed by atoms with Crippen LogP contribution in [0.3, 0.4) is 0 Å². The minimum absolute atomic E-state index is 0.0791. The summed E-state index contributed by atoms with van der Waals surface area (Å²) in [6, 6.07) is 15.6. The van der Waals surface area contributed by atoms with Crippen molar-refractivity contribution in [1.29, 1.82) is 0 Å². The minimum atomic E-state index is -0.0791. The Labute approximate surface area is 128 Å². The molecule has 0 spiro atoms. The molecule has 2 aromatic rings. The summed E-state index contributed by atoms with van der Waals surface area (Å²) in [5.41, 5.74) is 7.90. The Morgan fingerprint density at radius 3 is 2.65 bits per heavy atom. The average molecular weight is 330 g/mol. The van der Waals surface area contributed by atoms with Crippen LogP contribution in [0.5, 0.6) is 5.75 Å². The summed E-state index contributed by atoms with van der Waals surface area (Å²) in [4.78, 5) is 0. The van der Waals surface area contributed by atoms with Gasteiger partial charge in [-0.2, -0.15) is 0 Å². The van der Waals surface area contributed by atoms with Crippen molar-refractivity contribution in [3.63, 3.8) is 0 Å². The molecule has 0 amide bonds. The monoisotopic (exact) mass is 329 g/mol. The van der Waals surface area contributed by atoms with Gasteiger partial charge in [-0.25, -0.2) is 0 Å². The Bertz CT molecular complexity index is 626. The molecule has 0 aliphatic rings. The third-order valence-corrected chi connectivity index (χ3v) is 3.26. The van der Waals surface area contributed by atoms with Gasteiger partial charge in [0.2, 0.25) is 0 Å². The van der Waals surface area contributed by atoms with Crippen molar-refractivity contribution in [2.45, 2.75) is 13.0 Å². The molecule has 20 heavy (non-hydrogen) atoms. The largest absolute Gasteiger partial charge is 0.481 e. The normalized spacial score (nSPS) is 11.3. The molecule has 0 heterocycles. The van der Waals surface area contributed by atoms with E-state index in [1.54, 1.807) is 0 Å². The summed E-state index contributed by atoms with van der Waals surface area (Å²) in [6.07, 6.45) is 0. The summed E-state index contributed by atoms with van der Waals surface area (Å²) >= 11 is 3.44. The van der Waals surface area contributed by atoms with Crippen molar-refractivity contribution < 1.29 is 4.74 Å². The van der Waals surface area contributed by atoms with E-state index >= 15 is 0 Å². The van der Waals surface area contributed by atoms with Crippen LogP contribution in [-0.2, 0) is 0 Å². The van der Waals surface area contributed by atoms with Gasteiger partial charge in [0.05, 0.1) is 0 Å². The second-order valence-corrected chi connectivity index (χ2v) is 5.34. The number of benzene rings is 2. The summed E-state index contributed by atoms with van der Waals surface area (Å²) in [5.74, 6) is 6.85. The predicted molar refractivity (Wildman–Crippen MR) is 85.6 cm³/mol. The SMILES string of the molecule is C[C@@H](N)c1cc(Br)ccc1OCC#Cc1ccccc1. The first-order valence-corrected chi connectivity index (χ1v) is 7.18. The highest BCUT2D eigenvalue weighted by Crippen LogP contribution is 2.27. The van der Waals surface area contributed by atoms with Gasteiger partial charge >= 0.3 is 0 Å². The zero-order valence-electron chi connectivity index (χ0n) is 11.3. The molecule has 1 atom stereocenters. The molecule has 3 heteroatoms. The third kappa shape index (κ3) is 4.12. The van der Waals surface area contributed by atoms with Gasteiger partial charge in [-0.05, 0) is 37.3 Å². The Morgan fingerprint density at radius 1 is 1.20 bits per heavy atom. The second kappa shape index (κ2) is 7.14. The van der Waals surface area contributed by atoms with Crippen molar-refractivity contribution >= 4 is 15.9 Å². The molecule has 2 nitrogen and oxygen atoms in total. The van der Waals surface area contributed by atoms with E-state index in [9.17, 15) is 0 Å². The highest BCUT2D eigenvalue weighted by atomic mass is 79.9. The van der Waals surface area contributed by atoms with Gasteiger partial charge in [-0.3, -0.25) is 0 Å². The van der Waals surface area contributed by atoms with Gasteiger partial charge in [0, 0.05) is 21.6 Å². The van der Waals surface area contributed by atoms with E-state index in [4.69, 9.17) is 10.5 Å². The Kier molecular flexibility index (Phi) is 5.23. The van der Waals surface area contributed by atoms with Gasteiger partial charge in [0.15, 0.2) is 0 Å². The van der Waals surface area contributed by atoms with Gasteiger partial charge in [0.1, 0.15) is 12.4 Å². The zero-order chi connectivity index (χ0) is 14.4. The first-order valence-electron chi connectivity index (χ1n) is 6.38. The average Bonchev–Trinajstić information content (AvgIpc) is 2.45. The van der Waals surface area contributed by atoms with Crippen LogP contribution in [0.25, 0.3) is 0 Å². The fourth-order valence-electron chi connectivity index (χ4n) is 1.78. The summed E-state index contributed by atoms with van der Waals surface area (Å²) in [5, 5.41) is 0. The van der Waals surface area contributed by atoms with Crippen LogP contribution in [0.15, 0.2) is 53.0 Å². The second-order valence-electron chi connectivity index (χ2n) is 4.43. The lowest BCUT2D eigenvalue weighted by molar-refractivity contribution is 0.364. The Balaban J connectivity index is 2.03. The molecule has 2 rings (SSSR count). The van der Waals surface area contributed by atoms with Gasteiger partial charge in [0.25, 0.3) is 0 Å². The van der Waals surface area contributed by atoms with Crippen LogP contribution < -0.4 is 10.5 Å². The van der Waals surface area contributed by atoms with Crippen molar-refractivity contribution in [3.8, 4) is 17.6 Å².